The smallest absolute Gasteiger partial charge is 0.251 e. The van der Waals surface area contributed by atoms with E-state index in [4.69, 9.17) is 16.3 Å². The molecule has 1 amide bonds. The van der Waals surface area contributed by atoms with E-state index in [9.17, 15) is 17.6 Å². The van der Waals surface area contributed by atoms with Gasteiger partial charge in [-0.2, -0.15) is 0 Å². The number of hydrogen-bond acceptors (Lipinski definition) is 4. The van der Waals surface area contributed by atoms with E-state index in [2.05, 4.69) is 12.2 Å². The lowest BCUT2D eigenvalue weighted by molar-refractivity contribution is 0.0947. The molecule has 0 aromatic heterocycles. The number of sulfonamides is 1. The van der Waals surface area contributed by atoms with Crippen molar-refractivity contribution in [1.82, 2.24) is 5.32 Å². The highest BCUT2D eigenvalue weighted by atomic mass is 35.5. The van der Waals surface area contributed by atoms with Crippen molar-refractivity contribution in [3.05, 3.63) is 94.3 Å². The van der Waals surface area contributed by atoms with Crippen LogP contribution in [0.1, 0.15) is 34.8 Å². The predicted octanol–water partition coefficient (Wildman–Crippen LogP) is 5.21. The molecule has 0 aliphatic rings. The first kappa shape index (κ1) is 26.5. The monoisotopic (exact) mass is 518 g/mol. The van der Waals surface area contributed by atoms with Gasteiger partial charge in [-0.3, -0.25) is 9.10 Å². The summed E-state index contributed by atoms with van der Waals surface area (Å²) in [6.07, 6.45) is 3.18. The number of nitrogens with one attached hydrogen (secondary N) is 1. The molecule has 0 bridgehead atoms. The highest BCUT2D eigenvalue weighted by molar-refractivity contribution is 7.92. The van der Waals surface area contributed by atoms with Crippen molar-refractivity contribution < 1.29 is 22.3 Å². The number of amides is 1. The number of carbonyl (C=O) groups is 1. The van der Waals surface area contributed by atoms with Gasteiger partial charge in [-0.1, -0.05) is 49.2 Å². The van der Waals surface area contributed by atoms with E-state index >= 15 is 0 Å². The summed E-state index contributed by atoms with van der Waals surface area (Å²) in [5.74, 6) is -0.139. The number of rotatable bonds is 11. The van der Waals surface area contributed by atoms with E-state index in [0.717, 1.165) is 35.2 Å². The number of carbonyl (C=O) groups excluding carboxylic acids is 1. The fraction of sp³-hybridized carbons (Fsp3) is 0.269. The fourth-order valence-electron chi connectivity index (χ4n) is 3.44. The Kier molecular flexibility index (Phi) is 9.12. The Labute approximate surface area is 210 Å². The number of ether oxygens (including phenoxy) is 1. The van der Waals surface area contributed by atoms with Gasteiger partial charge in [0.15, 0.2) is 0 Å². The maximum atomic E-state index is 13.5. The summed E-state index contributed by atoms with van der Waals surface area (Å²) in [7, 11) is -3.66. The first-order chi connectivity index (χ1) is 16.7. The van der Waals surface area contributed by atoms with Gasteiger partial charge in [-0.05, 0) is 60.0 Å². The van der Waals surface area contributed by atoms with Crippen LogP contribution in [-0.4, -0.2) is 33.7 Å². The van der Waals surface area contributed by atoms with Gasteiger partial charge >= 0.3 is 0 Å². The lowest BCUT2D eigenvalue weighted by atomic mass is 10.1. The third kappa shape index (κ3) is 7.70. The second kappa shape index (κ2) is 12.0. The largest absolute Gasteiger partial charge is 0.492 e. The molecule has 0 aliphatic heterocycles. The molecule has 0 radical (unpaired) electrons. The molecule has 1 N–H and O–H groups in total. The molecular formula is C26H28ClFN2O4S. The lowest BCUT2D eigenvalue weighted by Gasteiger charge is -2.23. The maximum Gasteiger partial charge on any atom is 0.251 e. The number of aryl methyl sites for hydroxylation is 1. The molecule has 0 saturated heterocycles. The van der Waals surface area contributed by atoms with Crippen LogP contribution in [0.4, 0.5) is 10.1 Å². The molecule has 0 spiro atoms. The van der Waals surface area contributed by atoms with E-state index in [1.54, 1.807) is 24.3 Å². The van der Waals surface area contributed by atoms with Crippen LogP contribution in [0.3, 0.4) is 0 Å². The number of benzene rings is 3. The number of halogens is 2. The quantitative estimate of drug-likeness (QED) is 0.354. The van der Waals surface area contributed by atoms with Crippen molar-refractivity contribution in [3.63, 3.8) is 0 Å². The summed E-state index contributed by atoms with van der Waals surface area (Å²) in [6, 6.07) is 18.2. The van der Waals surface area contributed by atoms with Crippen LogP contribution in [-0.2, 0) is 23.0 Å². The number of anilines is 1. The van der Waals surface area contributed by atoms with Crippen LogP contribution in [0.5, 0.6) is 5.75 Å². The van der Waals surface area contributed by atoms with E-state index in [1.165, 1.54) is 17.7 Å². The normalized spacial score (nSPS) is 11.2. The summed E-state index contributed by atoms with van der Waals surface area (Å²) in [4.78, 5) is 12.4. The van der Waals surface area contributed by atoms with Crippen molar-refractivity contribution in [2.24, 2.45) is 0 Å². The van der Waals surface area contributed by atoms with Crippen LogP contribution in [0.25, 0.3) is 0 Å². The third-order valence-electron chi connectivity index (χ3n) is 5.25. The Morgan fingerprint density at radius 1 is 1.03 bits per heavy atom. The first-order valence-corrected chi connectivity index (χ1v) is 13.4. The lowest BCUT2D eigenvalue weighted by Crippen LogP contribution is -2.29. The fourth-order valence-corrected chi connectivity index (χ4v) is 4.50. The molecular weight excluding hydrogens is 491 g/mol. The molecule has 3 aromatic carbocycles. The van der Waals surface area contributed by atoms with E-state index in [-0.39, 0.29) is 23.2 Å². The van der Waals surface area contributed by atoms with Gasteiger partial charge in [-0.15, -0.1) is 0 Å². The second-order valence-electron chi connectivity index (χ2n) is 8.06. The summed E-state index contributed by atoms with van der Waals surface area (Å²) >= 11 is 5.82. The van der Waals surface area contributed by atoms with Gasteiger partial charge < -0.3 is 10.1 Å². The molecule has 3 aromatic rings. The van der Waals surface area contributed by atoms with E-state index < -0.39 is 15.8 Å². The van der Waals surface area contributed by atoms with E-state index in [0.29, 0.717) is 24.3 Å². The SMILES string of the molecule is CCCc1ccc(OCCNC(=O)c2ccc(CN(c3ccc(F)c(Cl)c3)S(C)(=O)=O)cc2)cc1. The summed E-state index contributed by atoms with van der Waals surface area (Å²) in [5.41, 5.74) is 2.61. The second-order valence-corrected chi connectivity index (χ2v) is 10.4. The standard InChI is InChI=1S/C26H28ClFN2O4S/c1-3-4-19-7-12-23(13-8-19)34-16-15-29-26(31)21-9-5-20(6-10-21)18-30(35(2,32)33)22-11-14-25(28)24(27)17-22/h5-14,17H,3-4,15-16,18H2,1-2H3,(H,29,31). The van der Waals surface area contributed by atoms with Gasteiger partial charge in [0.25, 0.3) is 5.91 Å². The molecule has 0 aliphatic carbocycles. The van der Waals surface area contributed by atoms with E-state index in [1.807, 2.05) is 24.3 Å². The minimum Gasteiger partial charge on any atom is -0.492 e. The van der Waals surface area contributed by atoms with Gasteiger partial charge in [0.2, 0.25) is 10.0 Å². The Bertz CT molecular complexity index is 1250. The third-order valence-corrected chi connectivity index (χ3v) is 6.68. The van der Waals surface area contributed by atoms with Crippen molar-refractivity contribution in [1.29, 1.82) is 0 Å². The zero-order valence-electron chi connectivity index (χ0n) is 19.6. The summed E-state index contributed by atoms with van der Waals surface area (Å²) in [5, 5.41) is 2.64. The highest BCUT2D eigenvalue weighted by Crippen LogP contribution is 2.26. The minimum atomic E-state index is -3.66. The van der Waals surface area contributed by atoms with Gasteiger partial charge in [0.1, 0.15) is 18.2 Å². The summed E-state index contributed by atoms with van der Waals surface area (Å²) < 4.78 is 44.9. The Morgan fingerprint density at radius 2 is 1.69 bits per heavy atom. The van der Waals surface area contributed by atoms with Gasteiger partial charge in [-0.25, -0.2) is 12.8 Å². The molecule has 35 heavy (non-hydrogen) atoms. The molecule has 186 valence electrons. The van der Waals surface area contributed by atoms with Crippen LogP contribution in [0.15, 0.2) is 66.7 Å². The zero-order chi connectivity index (χ0) is 25.4. The molecule has 6 nitrogen and oxygen atoms in total. The Morgan fingerprint density at radius 3 is 2.29 bits per heavy atom. The minimum absolute atomic E-state index is 0.00752. The molecule has 0 fully saturated rings. The average molecular weight is 519 g/mol. The summed E-state index contributed by atoms with van der Waals surface area (Å²) in [6.45, 7) is 2.81. The van der Waals surface area contributed by atoms with Crippen LogP contribution in [0.2, 0.25) is 5.02 Å². The predicted molar refractivity (Wildman–Crippen MR) is 137 cm³/mol. The maximum absolute atomic E-state index is 13.5. The van der Waals surface area contributed by atoms with Crippen molar-refractivity contribution in [2.45, 2.75) is 26.3 Å². The Hall–Kier alpha value is -3.10. The first-order valence-electron chi connectivity index (χ1n) is 11.2. The van der Waals surface area contributed by atoms with Gasteiger partial charge in [0.05, 0.1) is 30.1 Å². The number of nitrogens with zero attached hydrogens (tertiary/aromatic N) is 1. The molecule has 0 saturated carbocycles. The van der Waals surface area contributed by atoms with Crippen LogP contribution < -0.4 is 14.4 Å². The van der Waals surface area contributed by atoms with Crippen molar-refractivity contribution in [2.75, 3.05) is 23.7 Å². The zero-order valence-corrected chi connectivity index (χ0v) is 21.2. The Balaban J connectivity index is 1.55. The van der Waals surface area contributed by atoms with Crippen molar-refractivity contribution in [3.8, 4) is 5.75 Å². The average Bonchev–Trinajstić information content (AvgIpc) is 2.83. The molecule has 3 rings (SSSR count). The molecule has 9 heteroatoms. The molecule has 0 heterocycles. The van der Waals surface area contributed by atoms with Crippen LogP contribution >= 0.6 is 11.6 Å². The van der Waals surface area contributed by atoms with Crippen LogP contribution in [0, 0.1) is 5.82 Å². The highest BCUT2D eigenvalue weighted by Gasteiger charge is 2.19. The van der Waals surface area contributed by atoms with Gasteiger partial charge in [0, 0.05) is 5.56 Å². The number of hydrogen-bond donors (Lipinski definition) is 1. The molecule has 0 atom stereocenters. The van der Waals surface area contributed by atoms with Crippen molar-refractivity contribution >= 4 is 33.2 Å². The topological polar surface area (TPSA) is 75.7 Å². The molecule has 0 unspecified atom stereocenters.